The van der Waals surface area contributed by atoms with Gasteiger partial charge in [-0.25, -0.2) is 4.79 Å². The van der Waals surface area contributed by atoms with Crippen molar-refractivity contribution in [3.05, 3.63) is 78.4 Å². The minimum atomic E-state index is -0.434. The van der Waals surface area contributed by atoms with E-state index in [0.29, 0.717) is 17.9 Å². The number of hydrogen-bond acceptors (Lipinski definition) is 3. The molecule has 126 valence electrons. The van der Waals surface area contributed by atoms with Gasteiger partial charge in [-0.2, -0.15) is 0 Å². The van der Waals surface area contributed by atoms with E-state index >= 15 is 0 Å². The molecule has 0 unspecified atom stereocenters. The van der Waals surface area contributed by atoms with Crippen LogP contribution < -0.4 is 9.47 Å². The maximum absolute atomic E-state index is 11.7. The van der Waals surface area contributed by atoms with Gasteiger partial charge in [-0.15, -0.1) is 0 Å². The lowest BCUT2D eigenvalue weighted by molar-refractivity contribution is -0.130. The largest absolute Gasteiger partial charge is 0.489 e. The fourth-order valence-corrected chi connectivity index (χ4v) is 2.71. The third-order valence-corrected chi connectivity index (χ3v) is 3.97. The average molecular weight is 332 g/mol. The number of fused-ring (bicyclic) bond motifs is 3. The highest BCUT2D eigenvalue weighted by atomic mass is 16.5. The Morgan fingerprint density at radius 2 is 1.48 bits per heavy atom. The Labute approximate surface area is 147 Å². The summed E-state index contributed by atoms with van der Waals surface area (Å²) in [5.74, 6) is 0.834. The molecule has 0 saturated heterocycles. The predicted molar refractivity (Wildman–Crippen MR) is 101 cm³/mol. The van der Waals surface area contributed by atoms with Crippen molar-refractivity contribution in [3.63, 3.8) is 0 Å². The van der Waals surface area contributed by atoms with Crippen LogP contribution in [0, 0.1) is 0 Å². The van der Waals surface area contributed by atoms with Gasteiger partial charge in [-0.1, -0.05) is 31.9 Å². The first-order valence-corrected chi connectivity index (χ1v) is 8.00. The van der Waals surface area contributed by atoms with Crippen molar-refractivity contribution in [1.29, 1.82) is 0 Å². The topological polar surface area (TPSA) is 35.5 Å². The zero-order valence-corrected chi connectivity index (χ0v) is 14.5. The fourth-order valence-electron chi connectivity index (χ4n) is 2.71. The lowest BCUT2D eigenvalue weighted by atomic mass is 10.1. The third-order valence-electron chi connectivity index (χ3n) is 3.97. The van der Waals surface area contributed by atoms with Crippen LogP contribution in [0.5, 0.6) is 11.5 Å². The van der Waals surface area contributed by atoms with Crippen LogP contribution in [0.2, 0.25) is 0 Å². The van der Waals surface area contributed by atoms with Crippen molar-refractivity contribution in [3.8, 4) is 22.6 Å². The highest BCUT2D eigenvalue weighted by molar-refractivity contribution is 6.01. The molecule has 2 aromatic carbocycles. The Bertz CT molecular complexity index is 919. The predicted octanol–water partition coefficient (Wildman–Crippen LogP) is 5.16. The van der Waals surface area contributed by atoms with Gasteiger partial charge in [0.15, 0.2) is 0 Å². The van der Waals surface area contributed by atoms with Gasteiger partial charge in [-0.05, 0) is 71.5 Å². The molecule has 0 heterocycles. The summed E-state index contributed by atoms with van der Waals surface area (Å²) in [4.78, 5) is 11.7. The second kappa shape index (κ2) is 6.44. The van der Waals surface area contributed by atoms with E-state index < -0.39 is 5.97 Å². The fraction of sp³-hybridized carbons (Fsp3) is 0.136. The van der Waals surface area contributed by atoms with E-state index in [2.05, 4.69) is 19.7 Å². The molecule has 1 aliphatic rings. The standard InChI is InChI=1S/C22H20O3/c1-13(2)12-24-16-6-8-18-19-9-7-17(25-22(23)14(3)4)11-21(19)15(5)20(18)10-16/h6-11H,1,3,5,12H2,2,4H3. The molecule has 0 aromatic heterocycles. The van der Waals surface area contributed by atoms with E-state index in [9.17, 15) is 4.79 Å². The monoisotopic (exact) mass is 332 g/mol. The van der Waals surface area contributed by atoms with Gasteiger partial charge >= 0.3 is 5.97 Å². The maximum atomic E-state index is 11.7. The van der Waals surface area contributed by atoms with Crippen LogP contribution in [0.25, 0.3) is 16.7 Å². The Morgan fingerprint density at radius 1 is 0.920 bits per heavy atom. The number of esters is 1. The first kappa shape index (κ1) is 16.8. The number of carbonyl (C=O) groups excluding carboxylic acids is 1. The lowest BCUT2D eigenvalue weighted by Crippen LogP contribution is -2.08. The summed E-state index contributed by atoms with van der Waals surface area (Å²) in [7, 11) is 0. The zero-order chi connectivity index (χ0) is 18.1. The molecule has 2 aromatic rings. The van der Waals surface area contributed by atoms with Gasteiger partial charge in [0, 0.05) is 5.57 Å². The Kier molecular flexibility index (Phi) is 4.32. The summed E-state index contributed by atoms with van der Waals surface area (Å²) in [5, 5.41) is 0. The van der Waals surface area contributed by atoms with Gasteiger partial charge in [-0.3, -0.25) is 0 Å². The molecule has 25 heavy (non-hydrogen) atoms. The number of hydrogen-bond donors (Lipinski definition) is 0. The highest BCUT2D eigenvalue weighted by Gasteiger charge is 2.23. The summed E-state index contributed by atoms with van der Waals surface area (Å²) >= 11 is 0. The summed E-state index contributed by atoms with van der Waals surface area (Å²) < 4.78 is 11.0. The van der Waals surface area contributed by atoms with E-state index in [-0.39, 0.29) is 0 Å². The van der Waals surface area contributed by atoms with Crippen molar-refractivity contribution < 1.29 is 14.3 Å². The Balaban J connectivity index is 1.91. The SMILES string of the molecule is C=C(C)COc1ccc2c(c1)C(=C)c1cc(OC(=O)C(=C)C)ccc1-2. The molecule has 3 nitrogen and oxygen atoms in total. The molecule has 0 atom stereocenters. The van der Waals surface area contributed by atoms with Gasteiger partial charge in [0.2, 0.25) is 0 Å². The number of benzene rings is 2. The van der Waals surface area contributed by atoms with Crippen LogP contribution in [0.4, 0.5) is 0 Å². The van der Waals surface area contributed by atoms with Crippen molar-refractivity contribution in [1.82, 2.24) is 0 Å². The van der Waals surface area contributed by atoms with E-state index in [1.54, 1.807) is 13.0 Å². The van der Waals surface area contributed by atoms with Crippen LogP contribution in [-0.2, 0) is 4.79 Å². The normalized spacial score (nSPS) is 11.5. The molecule has 0 N–H and O–H groups in total. The average Bonchev–Trinajstić information content (AvgIpc) is 2.85. The highest BCUT2D eigenvalue weighted by Crippen LogP contribution is 2.45. The summed E-state index contributed by atoms with van der Waals surface area (Å²) in [6, 6.07) is 11.5. The van der Waals surface area contributed by atoms with E-state index in [1.807, 2.05) is 37.3 Å². The van der Waals surface area contributed by atoms with Crippen molar-refractivity contribution >= 4 is 11.5 Å². The maximum Gasteiger partial charge on any atom is 0.338 e. The molecule has 0 radical (unpaired) electrons. The second-order valence-corrected chi connectivity index (χ2v) is 6.31. The van der Waals surface area contributed by atoms with Gasteiger partial charge in [0.05, 0.1) is 0 Å². The molecule has 3 heteroatoms. The molecule has 0 saturated carbocycles. The zero-order valence-electron chi connectivity index (χ0n) is 14.5. The van der Waals surface area contributed by atoms with Gasteiger partial charge in [0.25, 0.3) is 0 Å². The van der Waals surface area contributed by atoms with Crippen molar-refractivity contribution in [2.45, 2.75) is 13.8 Å². The number of rotatable bonds is 5. The molecule has 0 bridgehead atoms. The van der Waals surface area contributed by atoms with E-state index in [0.717, 1.165) is 39.1 Å². The van der Waals surface area contributed by atoms with Crippen LogP contribution in [-0.4, -0.2) is 12.6 Å². The molecule has 0 spiro atoms. The van der Waals surface area contributed by atoms with Crippen LogP contribution in [0.1, 0.15) is 25.0 Å². The Morgan fingerprint density at radius 3 is 2.04 bits per heavy atom. The number of ether oxygens (including phenoxy) is 2. The van der Waals surface area contributed by atoms with Crippen molar-refractivity contribution in [2.75, 3.05) is 6.61 Å². The van der Waals surface area contributed by atoms with E-state index in [1.165, 1.54) is 0 Å². The first-order valence-electron chi connectivity index (χ1n) is 8.00. The summed E-state index contributed by atoms with van der Waals surface area (Å²) in [5.41, 5.74) is 6.37. The van der Waals surface area contributed by atoms with Crippen LogP contribution >= 0.6 is 0 Å². The molecule has 0 amide bonds. The van der Waals surface area contributed by atoms with Gasteiger partial charge in [0.1, 0.15) is 18.1 Å². The minimum absolute atomic E-state index is 0.363. The first-order chi connectivity index (χ1) is 11.9. The van der Waals surface area contributed by atoms with Crippen molar-refractivity contribution in [2.24, 2.45) is 0 Å². The Hall–Kier alpha value is -3.07. The molecular weight excluding hydrogens is 312 g/mol. The molecule has 1 aliphatic carbocycles. The summed E-state index contributed by atoms with van der Waals surface area (Å²) in [6.45, 7) is 15.7. The van der Waals surface area contributed by atoms with E-state index in [4.69, 9.17) is 9.47 Å². The second-order valence-electron chi connectivity index (χ2n) is 6.31. The van der Waals surface area contributed by atoms with Gasteiger partial charge < -0.3 is 9.47 Å². The quantitative estimate of drug-likeness (QED) is 0.280. The molecular formula is C22H20O3. The lowest BCUT2D eigenvalue weighted by Gasteiger charge is -2.08. The number of carbonyl (C=O) groups is 1. The summed E-state index contributed by atoms with van der Waals surface area (Å²) in [6.07, 6.45) is 0. The molecule has 0 aliphatic heterocycles. The third kappa shape index (κ3) is 3.26. The smallest absolute Gasteiger partial charge is 0.338 e. The molecule has 0 fully saturated rings. The van der Waals surface area contributed by atoms with Crippen LogP contribution in [0.15, 0.2) is 67.3 Å². The minimum Gasteiger partial charge on any atom is -0.489 e. The molecule has 3 rings (SSSR count). The van der Waals surface area contributed by atoms with Crippen LogP contribution in [0.3, 0.4) is 0 Å².